The van der Waals surface area contributed by atoms with Crippen molar-refractivity contribution < 1.29 is 4.79 Å². The van der Waals surface area contributed by atoms with Gasteiger partial charge in [-0.05, 0) is 47.7 Å². The molecule has 0 radical (unpaired) electrons. The minimum Gasteiger partial charge on any atom is -0.307 e. The van der Waals surface area contributed by atoms with E-state index in [-0.39, 0.29) is 5.91 Å². The van der Waals surface area contributed by atoms with E-state index in [9.17, 15) is 4.79 Å². The maximum atomic E-state index is 12.0. The molecule has 6 heteroatoms. The van der Waals surface area contributed by atoms with Gasteiger partial charge in [-0.15, -0.1) is 0 Å². The quantitative estimate of drug-likeness (QED) is 0.819. The van der Waals surface area contributed by atoms with E-state index in [4.69, 9.17) is 11.6 Å². The molecule has 0 saturated heterocycles. The van der Waals surface area contributed by atoms with Crippen LogP contribution in [-0.4, -0.2) is 15.7 Å². The Bertz CT molecular complexity index is 609. The fourth-order valence-electron chi connectivity index (χ4n) is 1.55. The third-order valence-electron chi connectivity index (χ3n) is 2.43. The number of nitrogens with zero attached hydrogens (tertiary/aromatic N) is 2. The first-order valence-corrected chi connectivity index (χ1v) is 6.70. The van der Waals surface area contributed by atoms with Gasteiger partial charge in [0.1, 0.15) is 5.82 Å². The molecule has 1 heterocycles. The van der Waals surface area contributed by atoms with Crippen LogP contribution < -0.4 is 5.32 Å². The number of benzene rings is 1. The van der Waals surface area contributed by atoms with Crippen molar-refractivity contribution in [1.29, 1.82) is 0 Å². The molecular formula is C12H11ClIN3O. The highest BCUT2D eigenvalue weighted by Crippen LogP contribution is 2.20. The average molecular weight is 376 g/mol. The molecule has 0 spiro atoms. The van der Waals surface area contributed by atoms with Crippen LogP contribution in [0.1, 0.15) is 16.1 Å². The molecule has 4 nitrogen and oxygen atoms in total. The minimum atomic E-state index is -0.198. The highest BCUT2D eigenvalue weighted by molar-refractivity contribution is 14.1. The molecule has 0 atom stereocenters. The monoisotopic (exact) mass is 375 g/mol. The summed E-state index contributed by atoms with van der Waals surface area (Å²) in [4.78, 5) is 12.0. The molecule has 2 rings (SSSR count). The molecule has 0 aliphatic carbocycles. The molecular weight excluding hydrogens is 365 g/mol. The van der Waals surface area contributed by atoms with E-state index in [0.717, 1.165) is 9.26 Å². The lowest BCUT2D eigenvalue weighted by Gasteiger charge is -2.06. The van der Waals surface area contributed by atoms with Crippen LogP contribution in [0.4, 0.5) is 5.82 Å². The number of amides is 1. The van der Waals surface area contributed by atoms with Crippen LogP contribution in [-0.2, 0) is 7.05 Å². The number of anilines is 1. The van der Waals surface area contributed by atoms with Crippen molar-refractivity contribution in [3.05, 3.63) is 44.1 Å². The number of hydrogen-bond donors (Lipinski definition) is 1. The maximum absolute atomic E-state index is 12.0. The van der Waals surface area contributed by atoms with E-state index in [1.165, 1.54) is 0 Å². The topological polar surface area (TPSA) is 46.9 Å². The first kappa shape index (κ1) is 13.4. The molecule has 0 unspecified atom stereocenters. The van der Waals surface area contributed by atoms with Crippen molar-refractivity contribution >= 4 is 45.9 Å². The molecule has 0 saturated carbocycles. The molecule has 2 aromatic rings. The molecule has 1 aromatic heterocycles. The summed E-state index contributed by atoms with van der Waals surface area (Å²) >= 11 is 8.11. The molecule has 1 amide bonds. The van der Waals surface area contributed by atoms with Gasteiger partial charge in [-0.2, -0.15) is 5.10 Å². The lowest BCUT2D eigenvalue weighted by atomic mass is 10.2. The van der Waals surface area contributed by atoms with E-state index in [1.54, 1.807) is 23.9 Å². The number of carbonyl (C=O) groups excluding carboxylic acids is 1. The second-order valence-corrected chi connectivity index (χ2v) is 5.45. The highest BCUT2D eigenvalue weighted by Gasteiger charge is 2.10. The third kappa shape index (κ3) is 2.84. The second-order valence-electron chi connectivity index (χ2n) is 3.88. The molecule has 1 N–H and O–H groups in total. The summed E-state index contributed by atoms with van der Waals surface area (Å²) < 4.78 is 2.55. The van der Waals surface area contributed by atoms with Gasteiger partial charge in [-0.3, -0.25) is 9.48 Å². The number of aryl methyl sites for hydroxylation is 2. The fourth-order valence-corrected chi connectivity index (χ4v) is 2.07. The highest BCUT2D eigenvalue weighted by atomic mass is 127. The summed E-state index contributed by atoms with van der Waals surface area (Å²) in [5.41, 5.74) is 1.38. The number of aromatic nitrogens is 2. The van der Waals surface area contributed by atoms with E-state index >= 15 is 0 Å². The number of hydrogen-bond acceptors (Lipinski definition) is 2. The van der Waals surface area contributed by atoms with E-state index < -0.39 is 0 Å². The van der Waals surface area contributed by atoms with Crippen molar-refractivity contribution in [2.75, 3.05) is 5.32 Å². The molecule has 0 aliphatic heterocycles. The Morgan fingerprint density at radius 1 is 1.44 bits per heavy atom. The van der Waals surface area contributed by atoms with Gasteiger partial charge in [0.05, 0.1) is 10.7 Å². The number of carbonyl (C=O) groups is 1. The Hall–Kier alpha value is -1.08. The maximum Gasteiger partial charge on any atom is 0.256 e. The molecule has 0 bridgehead atoms. The van der Waals surface area contributed by atoms with Crippen molar-refractivity contribution in [3.63, 3.8) is 0 Å². The van der Waals surface area contributed by atoms with E-state index in [2.05, 4.69) is 33.0 Å². The van der Waals surface area contributed by atoms with Gasteiger partial charge in [0, 0.05) is 22.2 Å². The van der Waals surface area contributed by atoms with Gasteiger partial charge < -0.3 is 5.32 Å². The van der Waals surface area contributed by atoms with Crippen LogP contribution >= 0.6 is 34.2 Å². The van der Waals surface area contributed by atoms with Gasteiger partial charge in [0.15, 0.2) is 0 Å². The van der Waals surface area contributed by atoms with Crippen molar-refractivity contribution in [1.82, 2.24) is 9.78 Å². The predicted molar refractivity (Wildman–Crippen MR) is 80.1 cm³/mol. The lowest BCUT2D eigenvalue weighted by Crippen LogP contribution is -2.14. The van der Waals surface area contributed by atoms with Crippen LogP contribution in [0.5, 0.6) is 0 Å². The zero-order valence-corrected chi connectivity index (χ0v) is 12.8. The summed E-state index contributed by atoms with van der Waals surface area (Å²) in [6, 6.07) is 7.02. The number of nitrogens with one attached hydrogen (secondary N) is 1. The number of rotatable bonds is 2. The molecule has 94 valence electrons. The van der Waals surface area contributed by atoms with Crippen LogP contribution in [0.2, 0.25) is 5.02 Å². The van der Waals surface area contributed by atoms with Gasteiger partial charge in [-0.1, -0.05) is 11.6 Å². The summed E-state index contributed by atoms with van der Waals surface area (Å²) in [7, 11) is 1.78. The summed E-state index contributed by atoms with van der Waals surface area (Å²) in [6.45, 7) is 1.87. The lowest BCUT2D eigenvalue weighted by molar-refractivity contribution is 0.102. The van der Waals surface area contributed by atoms with Crippen molar-refractivity contribution in [2.24, 2.45) is 7.05 Å². The fraction of sp³-hybridized carbons (Fsp3) is 0.167. The Balaban J connectivity index is 2.22. The first-order valence-electron chi connectivity index (χ1n) is 5.24. The SMILES string of the molecule is Cc1cc(NC(=O)c2ccc(I)c(Cl)c2)n(C)n1. The van der Waals surface area contributed by atoms with Crippen molar-refractivity contribution in [3.8, 4) is 0 Å². The van der Waals surface area contributed by atoms with Crippen LogP contribution in [0.15, 0.2) is 24.3 Å². The van der Waals surface area contributed by atoms with E-state index in [0.29, 0.717) is 16.4 Å². The van der Waals surface area contributed by atoms with Crippen LogP contribution in [0.25, 0.3) is 0 Å². The van der Waals surface area contributed by atoms with E-state index in [1.807, 2.05) is 19.1 Å². The Labute approximate surface area is 123 Å². The van der Waals surface area contributed by atoms with Gasteiger partial charge in [0.2, 0.25) is 0 Å². The van der Waals surface area contributed by atoms with Crippen LogP contribution in [0.3, 0.4) is 0 Å². The molecule has 0 aliphatic rings. The van der Waals surface area contributed by atoms with Gasteiger partial charge in [0.25, 0.3) is 5.91 Å². The summed E-state index contributed by atoms with van der Waals surface area (Å²) in [6.07, 6.45) is 0. The molecule has 1 aromatic carbocycles. The summed E-state index contributed by atoms with van der Waals surface area (Å²) in [5.74, 6) is 0.462. The minimum absolute atomic E-state index is 0.198. The normalized spacial score (nSPS) is 10.4. The Morgan fingerprint density at radius 3 is 2.72 bits per heavy atom. The van der Waals surface area contributed by atoms with Crippen molar-refractivity contribution in [2.45, 2.75) is 6.92 Å². The third-order valence-corrected chi connectivity index (χ3v) is 4.00. The zero-order chi connectivity index (χ0) is 13.3. The summed E-state index contributed by atoms with van der Waals surface area (Å²) in [5, 5.41) is 7.53. The molecule has 0 fully saturated rings. The molecule has 18 heavy (non-hydrogen) atoms. The number of halogens is 2. The zero-order valence-electron chi connectivity index (χ0n) is 9.87. The van der Waals surface area contributed by atoms with Crippen LogP contribution in [0, 0.1) is 10.5 Å². The largest absolute Gasteiger partial charge is 0.307 e. The average Bonchev–Trinajstić information content (AvgIpc) is 2.61. The van der Waals surface area contributed by atoms with Gasteiger partial charge >= 0.3 is 0 Å². The van der Waals surface area contributed by atoms with Gasteiger partial charge in [-0.25, -0.2) is 0 Å². The Morgan fingerprint density at radius 2 is 2.17 bits per heavy atom. The Kier molecular flexibility index (Phi) is 3.91. The first-order chi connectivity index (χ1) is 8.47. The standard InChI is InChI=1S/C12H11ClIN3O/c1-7-5-11(17(2)16-7)15-12(18)8-3-4-10(14)9(13)6-8/h3-6H,1-2H3,(H,15,18). The predicted octanol–water partition coefficient (Wildman–Crippen LogP) is 3.24. The smallest absolute Gasteiger partial charge is 0.256 e. The second kappa shape index (κ2) is 5.27.